The first-order chi connectivity index (χ1) is 8.33. The lowest BCUT2D eigenvalue weighted by molar-refractivity contribution is 0.0553. The molecule has 0 aromatic heterocycles. The molecule has 1 rings (SSSR count). The summed E-state index contributed by atoms with van der Waals surface area (Å²) < 4.78 is 18.6. The average molecular weight is 255 g/mol. The van der Waals surface area contributed by atoms with E-state index in [1.54, 1.807) is 20.8 Å². The fraction of sp³-hybridized carbons (Fsp3) is 0.462. The number of hydrogen-bond acceptors (Lipinski definition) is 4. The number of oxime groups is 1. The van der Waals surface area contributed by atoms with Crippen molar-refractivity contribution in [2.45, 2.75) is 32.8 Å². The summed E-state index contributed by atoms with van der Waals surface area (Å²) in [6.07, 6.45) is 0.415. The Morgan fingerprint density at radius 3 is 2.67 bits per heavy atom. The highest BCUT2D eigenvalue weighted by Gasteiger charge is 2.14. The maximum atomic E-state index is 13.1. The lowest BCUT2D eigenvalue weighted by Gasteiger charge is -2.18. The second-order valence-corrected chi connectivity index (χ2v) is 4.74. The lowest BCUT2D eigenvalue weighted by Crippen LogP contribution is -2.22. The summed E-state index contributed by atoms with van der Waals surface area (Å²) in [6.45, 7) is 5.18. The summed E-state index contributed by atoms with van der Waals surface area (Å²) >= 11 is 0. The predicted molar refractivity (Wildman–Crippen MR) is 66.8 cm³/mol. The molecule has 0 aliphatic rings. The Hall–Kier alpha value is -1.62. The van der Waals surface area contributed by atoms with Gasteiger partial charge in [0.1, 0.15) is 11.6 Å². The number of hydrogen-bond donors (Lipinski definition) is 2. The van der Waals surface area contributed by atoms with Gasteiger partial charge in [0.15, 0.2) is 0 Å². The van der Waals surface area contributed by atoms with Gasteiger partial charge in [0.25, 0.3) is 0 Å². The zero-order chi connectivity index (χ0) is 13.8. The second kappa shape index (κ2) is 5.82. The van der Waals surface area contributed by atoms with Gasteiger partial charge in [-0.2, -0.15) is 0 Å². The van der Waals surface area contributed by atoms with E-state index in [0.29, 0.717) is 23.4 Å². The van der Waals surface area contributed by atoms with Crippen molar-refractivity contribution in [2.75, 3.05) is 6.61 Å². The molecule has 0 amide bonds. The second-order valence-electron chi connectivity index (χ2n) is 4.74. The van der Waals surface area contributed by atoms with E-state index in [2.05, 4.69) is 5.16 Å². The Morgan fingerprint density at radius 2 is 2.11 bits per heavy atom. The van der Waals surface area contributed by atoms with Gasteiger partial charge in [0.05, 0.1) is 17.9 Å². The van der Waals surface area contributed by atoms with Crippen LogP contribution in [0.25, 0.3) is 0 Å². The van der Waals surface area contributed by atoms with Crippen molar-refractivity contribution < 1.29 is 19.4 Å². The molecule has 0 aliphatic heterocycles. The Kier molecular flexibility index (Phi) is 4.67. The molecule has 0 atom stereocenters. The molecule has 4 nitrogen and oxygen atoms in total. The predicted octanol–water partition coefficient (Wildman–Crippen LogP) is 2.56. The van der Waals surface area contributed by atoms with Crippen molar-refractivity contribution >= 4 is 5.71 Å². The molecule has 1 aromatic rings. The molecule has 2 N–H and O–H groups in total. The van der Waals surface area contributed by atoms with E-state index in [4.69, 9.17) is 9.94 Å². The molecule has 0 radical (unpaired) electrons. The largest absolute Gasteiger partial charge is 0.493 e. The van der Waals surface area contributed by atoms with Crippen molar-refractivity contribution in [3.8, 4) is 5.75 Å². The van der Waals surface area contributed by atoms with Crippen LogP contribution in [-0.2, 0) is 0 Å². The van der Waals surface area contributed by atoms with Crippen molar-refractivity contribution in [2.24, 2.45) is 5.16 Å². The Balaban J connectivity index is 2.83. The molecule has 100 valence electrons. The third kappa shape index (κ3) is 4.33. The Morgan fingerprint density at radius 1 is 1.44 bits per heavy atom. The van der Waals surface area contributed by atoms with Gasteiger partial charge < -0.3 is 15.1 Å². The number of benzene rings is 1. The molecule has 0 fully saturated rings. The number of aliphatic hydroxyl groups is 1. The van der Waals surface area contributed by atoms with E-state index in [1.807, 2.05) is 0 Å². The monoisotopic (exact) mass is 255 g/mol. The molecule has 0 heterocycles. The Bertz CT molecular complexity index is 438. The van der Waals surface area contributed by atoms with E-state index >= 15 is 0 Å². The summed E-state index contributed by atoms with van der Waals surface area (Å²) in [7, 11) is 0. The van der Waals surface area contributed by atoms with Crippen LogP contribution in [0.4, 0.5) is 4.39 Å². The number of nitrogens with zero attached hydrogens (tertiary/aromatic N) is 1. The van der Waals surface area contributed by atoms with Gasteiger partial charge in [0.2, 0.25) is 0 Å². The third-order valence-electron chi connectivity index (χ3n) is 2.45. The van der Waals surface area contributed by atoms with Gasteiger partial charge in [-0.3, -0.25) is 0 Å². The number of ether oxygens (including phenoxy) is 1. The molecule has 0 saturated carbocycles. The van der Waals surface area contributed by atoms with Crippen LogP contribution in [0.1, 0.15) is 32.8 Å². The van der Waals surface area contributed by atoms with Gasteiger partial charge >= 0.3 is 0 Å². The standard InChI is InChI=1S/C13H18FNO3/c1-9(15-17)11-5-4-10(14)8-12(11)18-7-6-13(2,3)16/h4-5,8,16-17H,6-7H2,1-3H3. The average Bonchev–Trinajstić information content (AvgIpc) is 2.26. The summed E-state index contributed by atoms with van der Waals surface area (Å²) in [6, 6.07) is 3.99. The van der Waals surface area contributed by atoms with E-state index in [-0.39, 0.29) is 6.61 Å². The highest BCUT2D eigenvalue weighted by atomic mass is 19.1. The summed E-state index contributed by atoms with van der Waals surface area (Å²) in [5.41, 5.74) is 0.0241. The van der Waals surface area contributed by atoms with Gasteiger partial charge in [0, 0.05) is 18.1 Å². The minimum atomic E-state index is -0.840. The van der Waals surface area contributed by atoms with Gasteiger partial charge in [-0.1, -0.05) is 5.16 Å². The maximum Gasteiger partial charge on any atom is 0.131 e. The highest BCUT2D eigenvalue weighted by molar-refractivity contribution is 6.00. The van der Waals surface area contributed by atoms with Crippen molar-refractivity contribution in [1.29, 1.82) is 0 Å². The van der Waals surface area contributed by atoms with Crippen molar-refractivity contribution in [3.05, 3.63) is 29.6 Å². The smallest absolute Gasteiger partial charge is 0.131 e. The number of rotatable bonds is 5. The first-order valence-corrected chi connectivity index (χ1v) is 5.67. The van der Waals surface area contributed by atoms with Crippen LogP contribution in [0.5, 0.6) is 5.75 Å². The SMILES string of the molecule is CC(=NO)c1ccc(F)cc1OCCC(C)(C)O. The fourth-order valence-electron chi connectivity index (χ4n) is 1.38. The lowest BCUT2D eigenvalue weighted by atomic mass is 10.1. The third-order valence-corrected chi connectivity index (χ3v) is 2.45. The first kappa shape index (κ1) is 14.4. The highest BCUT2D eigenvalue weighted by Crippen LogP contribution is 2.22. The zero-order valence-electron chi connectivity index (χ0n) is 10.8. The summed E-state index contributed by atoms with van der Waals surface area (Å²) in [4.78, 5) is 0. The van der Waals surface area contributed by atoms with E-state index in [9.17, 15) is 9.50 Å². The summed E-state index contributed by atoms with van der Waals surface area (Å²) in [5, 5.41) is 21.4. The van der Waals surface area contributed by atoms with Crippen molar-refractivity contribution in [1.82, 2.24) is 0 Å². The normalized spacial score (nSPS) is 12.6. The molecule has 0 bridgehead atoms. The van der Waals surface area contributed by atoms with Crippen LogP contribution >= 0.6 is 0 Å². The van der Waals surface area contributed by atoms with Crippen LogP contribution in [0, 0.1) is 5.82 Å². The molecule has 0 saturated heterocycles. The molecular formula is C13H18FNO3. The number of halogens is 1. The van der Waals surface area contributed by atoms with Gasteiger partial charge in [-0.05, 0) is 32.9 Å². The van der Waals surface area contributed by atoms with Crippen LogP contribution in [-0.4, -0.2) is 28.2 Å². The van der Waals surface area contributed by atoms with Crippen molar-refractivity contribution in [3.63, 3.8) is 0 Å². The molecular weight excluding hydrogens is 237 g/mol. The fourth-order valence-corrected chi connectivity index (χ4v) is 1.38. The van der Waals surface area contributed by atoms with Crippen LogP contribution in [0.3, 0.4) is 0 Å². The van der Waals surface area contributed by atoms with Gasteiger partial charge in [-0.15, -0.1) is 0 Å². The van der Waals surface area contributed by atoms with E-state index in [0.717, 1.165) is 0 Å². The first-order valence-electron chi connectivity index (χ1n) is 5.67. The molecule has 0 unspecified atom stereocenters. The minimum absolute atomic E-state index is 0.249. The quantitative estimate of drug-likeness (QED) is 0.483. The topological polar surface area (TPSA) is 62.1 Å². The molecule has 1 aromatic carbocycles. The van der Waals surface area contributed by atoms with Crippen LogP contribution < -0.4 is 4.74 Å². The molecule has 0 aliphatic carbocycles. The Labute approximate surface area is 106 Å². The molecule has 18 heavy (non-hydrogen) atoms. The zero-order valence-corrected chi connectivity index (χ0v) is 10.8. The van der Waals surface area contributed by atoms with Crippen LogP contribution in [0.2, 0.25) is 0 Å². The van der Waals surface area contributed by atoms with E-state index in [1.165, 1.54) is 18.2 Å². The van der Waals surface area contributed by atoms with E-state index < -0.39 is 11.4 Å². The summed E-state index contributed by atoms with van der Waals surface area (Å²) in [5.74, 6) is -0.128. The maximum absolute atomic E-state index is 13.1. The van der Waals surface area contributed by atoms with Gasteiger partial charge in [-0.25, -0.2) is 4.39 Å². The minimum Gasteiger partial charge on any atom is -0.493 e. The molecule has 0 spiro atoms. The molecule has 5 heteroatoms. The van der Waals surface area contributed by atoms with Crippen LogP contribution in [0.15, 0.2) is 23.4 Å².